The minimum atomic E-state index is -0.0373. The molecule has 0 bridgehead atoms. The molecule has 0 atom stereocenters. The number of hydrogen-bond acceptors (Lipinski definition) is 5. The van der Waals surface area contributed by atoms with E-state index in [1.54, 1.807) is 24.3 Å². The fraction of sp³-hybridized carbons (Fsp3) is 0.385. The number of aromatic nitrogens is 1. The van der Waals surface area contributed by atoms with Crippen molar-refractivity contribution in [2.75, 3.05) is 37.7 Å². The largest absolute Gasteiger partial charge is 0.378 e. The second kappa shape index (κ2) is 10.4. The van der Waals surface area contributed by atoms with Gasteiger partial charge in [-0.1, -0.05) is 54.4 Å². The molecule has 2 aromatic carbocycles. The fourth-order valence-corrected chi connectivity index (χ4v) is 4.23. The lowest BCUT2D eigenvalue weighted by molar-refractivity contribution is 0.0722. The molecule has 33 heavy (non-hydrogen) atoms. The Labute approximate surface area is 200 Å². The molecule has 2 heterocycles. The Hall–Kier alpha value is -2.83. The van der Waals surface area contributed by atoms with E-state index < -0.39 is 0 Å². The molecular formula is C26H30ClN3O3. The number of nitrogens with zero attached hydrogens (tertiary/aromatic N) is 3. The summed E-state index contributed by atoms with van der Waals surface area (Å²) in [7, 11) is 0. The van der Waals surface area contributed by atoms with Crippen LogP contribution in [0.4, 0.5) is 5.88 Å². The highest BCUT2D eigenvalue weighted by molar-refractivity contribution is 6.30. The standard InChI is InChI=1S/C26H30ClN3O3/c1-18(2)16-30(25(31)20-7-9-22(27)10-8-20)17-23-24(21-6-4-5-19(3)15-21)28-33-26(23)29-11-13-32-14-12-29/h4-10,15,18H,11-14,16-17H2,1-3H3. The van der Waals surface area contributed by atoms with Gasteiger partial charge in [-0.05, 0) is 43.2 Å². The van der Waals surface area contributed by atoms with E-state index in [4.69, 9.17) is 20.9 Å². The van der Waals surface area contributed by atoms with Gasteiger partial charge in [0.05, 0.1) is 25.3 Å². The first kappa shape index (κ1) is 23.3. The summed E-state index contributed by atoms with van der Waals surface area (Å²) in [5, 5.41) is 5.07. The van der Waals surface area contributed by atoms with Crippen molar-refractivity contribution in [2.24, 2.45) is 5.92 Å². The van der Waals surface area contributed by atoms with Gasteiger partial charge < -0.3 is 19.1 Å². The average molecular weight is 468 g/mol. The van der Waals surface area contributed by atoms with E-state index in [1.165, 1.54) is 0 Å². The monoisotopic (exact) mass is 467 g/mol. The van der Waals surface area contributed by atoms with Gasteiger partial charge in [0.15, 0.2) is 0 Å². The third-order valence-corrected chi connectivity index (χ3v) is 5.92. The molecule has 1 fully saturated rings. The van der Waals surface area contributed by atoms with Crippen molar-refractivity contribution in [1.82, 2.24) is 10.1 Å². The number of rotatable bonds is 7. The number of anilines is 1. The van der Waals surface area contributed by atoms with Crippen LogP contribution in [0.2, 0.25) is 5.02 Å². The van der Waals surface area contributed by atoms with Crippen LogP contribution < -0.4 is 4.90 Å². The van der Waals surface area contributed by atoms with Crippen molar-refractivity contribution in [3.63, 3.8) is 0 Å². The summed E-state index contributed by atoms with van der Waals surface area (Å²) in [5.74, 6) is 0.979. The van der Waals surface area contributed by atoms with Crippen molar-refractivity contribution in [1.29, 1.82) is 0 Å². The van der Waals surface area contributed by atoms with Crippen LogP contribution in [0.15, 0.2) is 53.1 Å². The highest BCUT2D eigenvalue weighted by atomic mass is 35.5. The molecule has 0 aliphatic carbocycles. The maximum absolute atomic E-state index is 13.5. The topological polar surface area (TPSA) is 58.8 Å². The van der Waals surface area contributed by atoms with Crippen LogP contribution in [-0.4, -0.2) is 48.8 Å². The molecule has 1 amide bonds. The third kappa shape index (κ3) is 5.57. The van der Waals surface area contributed by atoms with Crippen molar-refractivity contribution in [3.8, 4) is 11.3 Å². The molecule has 0 N–H and O–H groups in total. The molecule has 1 aliphatic rings. The molecule has 1 saturated heterocycles. The van der Waals surface area contributed by atoms with Gasteiger partial charge in [-0.2, -0.15) is 0 Å². The number of morpholine rings is 1. The minimum absolute atomic E-state index is 0.0373. The van der Waals surface area contributed by atoms with Gasteiger partial charge in [-0.25, -0.2) is 0 Å². The Kier molecular flexibility index (Phi) is 7.36. The number of carbonyl (C=O) groups excluding carboxylic acids is 1. The second-order valence-electron chi connectivity index (χ2n) is 8.87. The average Bonchev–Trinajstić information content (AvgIpc) is 3.22. The van der Waals surface area contributed by atoms with Gasteiger partial charge >= 0.3 is 0 Å². The van der Waals surface area contributed by atoms with Crippen LogP contribution in [-0.2, 0) is 11.3 Å². The Morgan fingerprint density at radius 1 is 1.15 bits per heavy atom. The van der Waals surface area contributed by atoms with E-state index in [0.29, 0.717) is 48.7 Å². The zero-order chi connectivity index (χ0) is 23.4. The van der Waals surface area contributed by atoms with E-state index in [9.17, 15) is 4.79 Å². The lowest BCUT2D eigenvalue weighted by Crippen LogP contribution is -2.38. The van der Waals surface area contributed by atoms with Gasteiger partial charge in [0.1, 0.15) is 5.69 Å². The molecule has 3 aromatic rings. The van der Waals surface area contributed by atoms with Crippen LogP contribution >= 0.6 is 11.6 Å². The number of benzene rings is 2. The number of amides is 1. The molecule has 174 valence electrons. The van der Waals surface area contributed by atoms with Gasteiger partial charge in [-0.3, -0.25) is 4.79 Å². The van der Waals surface area contributed by atoms with Crippen LogP contribution in [0, 0.1) is 12.8 Å². The van der Waals surface area contributed by atoms with E-state index >= 15 is 0 Å². The van der Waals surface area contributed by atoms with Gasteiger partial charge in [0, 0.05) is 35.8 Å². The smallest absolute Gasteiger partial charge is 0.254 e. The number of carbonyl (C=O) groups is 1. The first-order valence-corrected chi connectivity index (χ1v) is 11.7. The summed E-state index contributed by atoms with van der Waals surface area (Å²) < 4.78 is 11.4. The zero-order valence-electron chi connectivity index (χ0n) is 19.4. The van der Waals surface area contributed by atoms with Crippen LogP contribution in [0.3, 0.4) is 0 Å². The summed E-state index contributed by atoms with van der Waals surface area (Å²) >= 11 is 6.04. The van der Waals surface area contributed by atoms with E-state index in [2.05, 4.69) is 43.0 Å². The Morgan fingerprint density at radius 2 is 1.88 bits per heavy atom. The van der Waals surface area contributed by atoms with Crippen LogP contribution in [0.5, 0.6) is 0 Å². The molecular weight excluding hydrogens is 438 g/mol. The van der Waals surface area contributed by atoms with Crippen LogP contribution in [0.1, 0.15) is 35.3 Å². The maximum atomic E-state index is 13.5. The Bertz CT molecular complexity index is 1090. The Morgan fingerprint density at radius 3 is 2.55 bits per heavy atom. The molecule has 0 unspecified atom stereocenters. The summed E-state index contributed by atoms with van der Waals surface area (Å²) in [5.41, 5.74) is 4.44. The molecule has 0 spiro atoms. The first-order valence-electron chi connectivity index (χ1n) is 11.4. The summed E-state index contributed by atoms with van der Waals surface area (Å²) in [6.07, 6.45) is 0. The highest BCUT2D eigenvalue weighted by Gasteiger charge is 2.28. The quantitative estimate of drug-likeness (QED) is 0.463. The van der Waals surface area contributed by atoms with E-state index in [0.717, 1.165) is 35.5 Å². The van der Waals surface area contributed by atoms with Crippen LogP contribution in [0.25, 0.3) is 11.3 Å². The minimum Gasteiger partial charge on any atom is -0.378 e. The predicted octanol–water partition coefficient (Wildman–Crippen LogP) is 5.44. The third-order valence-electron chi connectivity index (χ3n) is 5.67. The lowest BCUT2D eigenvalue weighted by atomic mass is 10.0. The zero-order valence-corrected chi connectivity index (χ0v) is 20.1. The molecule has 0 saturated carbocycles. The van der Waals surface area contributed by atoms with Crippen molar-refractivity contribution >= 4 is 23.4 Å². The number of ether oxygens (including phenoxy) is 1. The number of hydrogen-bond donors (Lipinski definition) is 0. The maximum Gasteiger partial charge on any atom is 0.254 e. The molecule has 1 aromatic heterocycles. The molecule has 6 nitrogen and oxygen atoms in total. The predicted molar refractivity (Wildman–Crippen MR) is 131 cm³/mol. The molecule has 0 radical (unpaired) electrons. The Balaban J connectivity index is 1.74. The summed E-state index contributed by atoms with van der Waals surface area (Å²) in [4.78, 5) is 17.5. The number of halogens is 1. The normalized spacial score (nSPS) is 14.0. The van der Waals surface area contributed by atoms with Gasteiger partial charge in [0.2, 0.25) is 5.88 Å². The van der Waals surface area contributed by atoms with E-state index in [1.807, 2.05) is 17.0 Å². The summed E-state index contributed by atoms with van der Waals surface area (Å²) in [6, 6.07) is 15.2. The molecule has 7 heteroatoms. The fourth-order valence-electron chi connectivity index (χ4n) is 4.10. The SMILES string of the molecule is Cc1cccc(-c2noc(N3CCOCC3)c2CN(CC(C)C)C(=O)c2ccc(Cl)cc2)c1. The molecule has 4 rings (SSSR count). The first-order chi connectivity index (χ1) is 15.9. The van der Waals surface area contributed by atoms with Crippen molar-refractivity contribution < 1.29 is 14.1 Å². The van der Waals surface area contributed by atoms with E-state index in [-0.39, 0.29) is 5.91 Å². The lowest BCUT2D eigenvalue weighted by Gasteiger charge is -2.29. The number of aryl methyl sites for hydroxylation is 1. The summed E-state index contributed by atoms with van der Waals surface area (Å²) in [6.45, 7) is 10.0. The molecule has 1 aliphatic heterocycles. The highest BCUT2D eigenvalue weighted by Crippen LogP contribution is 2.34. The van der Waals surface area contributed by atoms with Gasteiger partial charge in [-0.15, -0.1) is 0 Å². The second-order valence-corrected chi connectivity index (χ2v) is 9.31. The van der Waals surface area contributed by atoms with Crippen molar-refractivity contribution in [2.45, 2.75) is 27.3 Å². The van der Waals surface area contributed by atoms with Gasteiger partial charge in [0.25, 0.3) is 5.91 Å². The van der Waals surface area contributed by atoms with Crippen molar-refractivity contribution in [3.05, 3.63) is 70.2 Å².